The maximum atomic E-state index is 11.3. The Bertz CT molecular complexity index is 385. The number of hydrogen-bond acceptors (Lipinski definition) is 3. The van der Waals surface area contributed by atoms with E-state index >= 15 is 0 Å². The Labute approximate surface area is 101 Å². The van der Waals surface area contributed by atoms with E-state index in [1.54, 1.807) is 24.3 Å². The van der Waals surface area contributed by atoms with Crippen LogP contribution in [0, 0.1) is 0 Å². The third-order valence-electron chi connectivity index (χ3n) is 2.07. The lowest BCUT2D eigenvalue weighted by Gasteiger charge is -2.07. The maximum absolute atomic E-state index is 11.3. The third kappa shape index (κ3) is 5.61. The van der Waals surface area contributed by atoms with Crippen LogP contribution >= 0.6 is 0 Å². The van der Waals surface area contributed by atoms with E-state index in [0.717, 1.165) is 5.57 Å². The lowest BCUT2D eigenvalue weighted by molar-refractivity contribution is -0.121. The van der Waals surface area contributed by atoms with Crippen LogP contribution in [0.25, 0.3) is 0 Å². The highest BCUT2D eigenvalue weighted by Crippen LogP contribution is 2.12. The highest BCUT2D eigenvalue weighted by Gasteiger charge is 2.01. The molecule has 0 heterocycles. The highest BCUT2D eigenvalue weighted by atomic mass is 16.5. The lowest BCUT2D eigenvalue weighted by atomic mass is 10.3. The molecular formula is C13H18N2O2. The van der Waals surface area contributed by atoms with Crippen molar-refractivity contribution in [2.75, 3.05) is 18.9 Å². The topological polar surface area (TPSA) is 64.3 Å². The van der Waals surface area contributed by atoms with Gasteiger partial charge in [0.15, 0.2) is 0 Å². The van der Waals surface area contributed by atoms with Crippen LogP contribution in [0.3, 0.4) is 0 Å². The summed E-state index contributed by atoms with van der Waals surface area (Å²) < 4.78 is 5.40. The first-order chi connectivity index (χ1) is 8.08. The van der Waals surface area contributed by atoms with Crippen molar-refractivity contribution in [2.45, 2.75) is 13.3 Å². The van der Waals surface area contributed by atoms with Crippen molar-refractivity contribution in [1.82, 2.24) is 5.32 Å². The van der Waals surface area contributed by atoms with E-state index in [9.17, 15) is 4.79 Å². The van der Waals surface area contributed by atoms with Crippen LogP contribution in [-0.4, -0.2) is 19.1 Å². The quantitative estimate of drug-likeness (QED) is 0.582. The molecule has 0 aliphatic heterocycles. The summed E-state index contributed by atoms with van der Waals surface area (Å²) in [7, 11) is 0. The van der Waals surface area contributed by atoms with Gasteiger partial charge in [-0.05, 0) is 31.2 Å². The monoisotopic (exact) mass is 234 g/mol. The molecule has 1 rings (SSSR count). The SMILES string of the molecule is C=C(C)CNC(=O)CCOc1ccc(N)cc1. The number of carbonyl (C=O) groups excluding carboxylic acids is 1. The van der Waals surface area contributed by atoms with Crippen molar-refractivity contribution in [1.29, 1.82) is 0 Å². The first-order valence-electron chi connectivity index (χ1n) is 5.47. The predicted octanol–water partition coefficient (Wildman–Crippen LogP) is 1.73. The Hall–Kier alpha value is -1.97. The molecule has 0 saturated heterocycles. The van der Waals surface area contributed by atoms with E-state index in [0.29, 0.717) is 31.0 Å². The Kier molecular flexibility index (Phi) is 5.07. The van der Waals surface area contributed by atoms with Crippen molar-refractivity contribution in [3.63, 3.8) is 0 Å². The molecule has 3 N–H and O–H groups in total. The molecule has 0 unspecified atom stereocenters. The molecule has 0 aliphatic rings. The number of hydrogen-bond donors (Lipinski definition) is 2. The molecule has 0 spiro atoms. The summed E-state index contributed by atoms with van der Waals surface area (Å²) >= 11 is 0. The lowest BCUT2D eigenvalue weighted by Crippen LogP contribution is -2.26. The average Bonchev–Trinajstić information content (AvgIpc) is 2.29. The molecule has 1 aromatic rings. The zero-order chi connectivity index (χ0) is 12.7. The number of nitrogens with one attached hydrogen (secondary N) is 1. The first-order valence-corrected chi connectivity index (χ1v) is 5.47. The second-order valence-corrected chi connectivity index (χ2v) is 3.90. The van der Waals surface area contributed by atoms with Gasteiger partial charge in [-0.1, -0.05) is 12.2 Å². The van der Waals surface area contributed by atoms with Gasteiger partial charge in [0.25, 0.3) is 0 Å². The molecule has 92 valence electrons. The molecule has 17 heavy (non-hydrogen) atoms. The first kappa shape index (κ1) is 13.1. The van der Waals surface area contributed by atoms with Gasteiger partial charge in [0, 0.05) is 12.2 Å². The summed E-state index contributed by atoms with van der Waals surface area (Å²) in [4.78, 5) is 11.3. The molecule has 1 amide bonds. The van der Waals surface area contributed by atoms with Gasteiger partial charge >= 0.3 is 0 Å². The van der Waals surface area contributed by atoms with Crippen LogP contribution in [0.15, 0.2) is 36.4 Å². The van der Waals surface area contributed by atoms with Crippen LogP contribution in [0.2, 0.25) is 0 Å². The number of benzene rings is 1. The molecule has 0 saturated carbocycles. The van der Waals surface area contributed by atoms with Crippen LogP contribution < -0.4 is 15.8 Å². The van der Waals surface area contributed by atoms with Crippen molar-refractivity contribution in [3.8, 4) is 5.75 Å². The Morgan fingerprint density at radius 1 is 1.41 bits per heavy atom. The standard InChI is InChI=1S/C13H18N2O2/c1-10(2)9-15-13(16)7-8-17-12-5-3-11(14)4-6-12/h3-6H,1,7-9,14H2,2H3,(H,15,16). The second-order valence-electron chi connectivity index (χ2n) is 3.90. The summed E-state index contributed by atoms with van der Waals surface area (Å²) in [5.41, 5.74) is 7.16. The van der Waals surface area contributed by atoms with E-state index in [4.69, 9.17) is 10.5 Å². The van der Waals surface area contributed by atoms with Gasteiger partial charge in [-0.3, -0.25) is 4.79 Å². The molecule has 4 nitrogen and oxygen atoms in total. The molecule has 0 aromatic heterocycles. The van der Waals surface area contributed by atoms with E-state index in [2.05, 4.69) is 11.9 Å². The van der Waals surface area contributed by atoms with Gasteiger partial charge in [0.05, 0.1) is 13.0 Å². The molecule has 1 aromatic carbocycles. The van der Waals surface area contributed by atoms with Gasteiger partial charge in [-0.2, -0.15) is 0 Å². The minimum atomic E-state index is -0.0385. The Morgan fingerprint density at radius 3 is 2.65 bits per heavy atom. The minimum Gasteiger partial charge on any atom is -0.493 e. The van der Waals surface area contributed by atoms with Crippen LogP contribution in [-0.2, 0) is 4.79 Å². The summed E-state index contributed by atoms with van der Waals surface area (Å²) in [6, 6.07) is 7.08. The van der Waals surface area contributed by atoms with Crippen molar-refractivity contribution >= 4 is 11.6 Å². The molecule has 0 fully saturated rings. The molecule has 0 bridgehead atoms. The fourth-order valence-electron chi connectivity index (χ4n) is 1.16. The van der Waals surface area contributed by atoms with Crippen LogP contribution in [0.5, 0.6) is 5.75 Å². The van der Waals surface area contributed by atoms with E-state index in [1.165, 1.54) is 0 Å². The Balaban J connectivity index is 2.21. The summed E-state index contributed by atoms with van der Waals surface area (Å²) in [5, 5.41) is 2.74. The number of amides is 1. The van der Waals surface area contributed by atoms with Gasteiger partial charge in [-0.15, -0.1) is 0 Å². The zero-order valence-corrected chi connectivity index (χ0v) is 10.0. The smallest absolute Gasteiger partial charge is 0.223 e. The number of nitrogen functional groups attached to an aromatic ring is 1. The molecule has 0 atom stereocenters. The van der Waals surface area contributed by atoms with Gasteiger partial charge in [0.1, 0.15) is 5.75 Å². The zero-order valence-electron chi connectivity index (χ0n) is 10.0. The van der Waals surface area contributed by atoms with Gasteiger partial charge in [0.2, 0.25) is 5.91 Å². The number of ether oxygens (including phenoxy) is 1. The molecular weight excluding hydrogens is 216 g/mol. The normalized spacial score (nSPS) is 9.71. The van der Waals surface area contributed by atoms with Crippen molar-refractivity contribution in [3.05, 3.63) is 36.4 Å². The molecule has 0 radical (unpaired) electrons. The molecule has 4 heteroatoms. The molecule has 0 aliphatic carbocycles. The summed E-state index contributed by atoms with van der Waals surface area (Å²) in [5.74, 6) is 0.676. The van der Waals surface area contributed by atoms with E-state index in [1.807, 2.05) is 6.92 Å². The second kappa shape index (κ2) is 6.58. The summed E-state index contributed by atoms with van der Waals surface area (Å²) in [6.45, 7) is 6.44. The van der Waals surface area contributed by atoms with Gasteiger partial charge in [-0.25, -0.2) is 0 Å². The number of anilines is 1. The fraction of sp³-hybridized carbons (Fsp3) is 0.308. The van der Waals surface area contributed by atoms with E-state index in [-0.39, 0.29) is 5.91 Å². The Morgan fingerprint density at radius 2 is 2.06 bits per heavy atom. The largest absolute Gasteiger partial charge is 0.493 e. The number of nitrogens with two attached hydrogens (primary N) is 1. The minimum absolute atomic E-state index is 0.0385. The highest BCUT2D eigenvalue weighted by molar-refractivity contribution is 5.76. The van der Waals surface area contributed by atoms with Gasteiger partial charge < -0.3 is 15.8 Å². The number of carbonyl (C=O) groups is 1. The van der Waals surface area contributed by atoms with E-state index < -0.39 is 0 Å². The third-order valence-corrected chi connectivity index (χ3v) is 2.07. The van der Waals surface area contributed by atoms with Crippen molar-refractivity contribution < 1.29 is 9.53 Å². The predicted molar refractivity (Wildman–Crippen MR) is 68.8 cm³/mol. The average molecular weight is 234 g/mol. The fourth-order valence-corrected chi connectivity index (χ4v) is 1.16. The maximum Gasteiger partial charge on any atom is 0.223 e. The van der Waals surface area contributed by atoms with Crippen LogP contribution in [0.1, 0.15) is 13.3 Å². The van der Waals surface area contributed by atoms with Crippen molar-refractivity contribution in [2.24, 2.45) is 0 Å². The number of rotatable bonds is 6. The van der Waals surface area contributed by atoms with Crippen LogP contribution in [0.4, 0.5) is 5.69 Å². The summed E-state index contributed by atoms with van der Waals surface area (Å²) in [6.07, 6.45) is 0.331.